The average Bonchev–Trinajstić information content (AvgIpc) is 3.10. The van der Waals surface area contributed by atoms with Gasteiger partial charge < -0.3 is 9.88 Å². The quantitative estimate of drug-likeness (QED) is 0.434. The number of hydrogen-bond acceptors (Lipinski definition) is 4. The van der Waals surface area contributed by atoms with Crippen LogP contribution in [-0.4, -0.2) is 26.4 Å². The number of nitrogens with one attached hydrogen (secondary N) is 1. The Hall–Kier alpha value is -1.50. The fourth-order valence-electron chi connectivity index (χ4n) is 3.45. The van der Waals surface area contributed by atoms with Crippen LogP contribution in [0.1, 0.15) is 49.4 Å². The van der Waals surface area contributed by atoms with Crippen LogP contribution in [-0.2, 0) is 11.3 Å². The summed E-state index contributed by atoms with van der Waals surface area (Å²) in [7, 11) is 0. The first kappa shape index (κ1) is 21.2. The molecule has 8 heteroatoms. The summed E-state index contributed by atoms with van der Waals surface area (Å²) >= 11 is 13.8. The molecular weight excluding hydrogens is 415 g/mol. The van der Waals surface area contributed by atoms with E-state index in [1.807, 2.05) is 19.1 Å². The smallest absolute Gasteiger partial charge is 0.234 e. The second kappa shape index (κ2) is 9.81. The van der Waals surface area contributed by atoms with Gasteiger partial charge in [0.25, 0.3) is 0 Å². The molecule has 0 radical (unpaired) electrons. The van der Waals surface area contributed by atoms with E-state index in [1.54, 1.807) is 6.07 Å². The number of hydrogen-bond donors (Lipinski definition) is 1. The van der Waals surface area contributed by atoms with Gasteiger partial charge in [0, 0.05) is 12.5 Å². The molecule has 0 unspecified atom stereocenters. The van der Waals surface area contributed by atoms with E-state index in [0.29, 0.717) is 28.2 Å². The summed E-state index contributed by atoms with van der Waals surface area (Å²) in [5.41, 5.74) is 1.31. The molecule has 1 N–H and O–H groups in total. The summed E-state index contributed by atoms with van der Waals surface area (Å²) in [6, 6.07) is 3.54. The van der Waals surface area contributed by atoms with E-state index >= 15 is 0 Å². The molecule has 5 nitrogen and oxygen atoms in total. The van der Waals surface area contributed by atoms with Crippen LogP contribution in [0.3, 0.4) is 0 Å². The predicted molar refractivity (Wildman–Crippen MR) is 117 cm³/mol. The van der Waals surface area contributed by atoms with Crippen molar-refractivity contribution in [3.63, 3.8) is 0 Å². The lowest BCUT2D eigenvalue weighted by atomic mass is 9.89. The summed E-state index contributed by atoms with van der Waals surface area (Å²) in [5, 5.41) is 13.2. The van der Waals surface area contributed by atoms with Crippen molar-refractivity contribution in [1.82, 2.24) is 14.8 Å². The van der Waals surface area contributed by atoms with Gasteiger partial charge in [0.05, 0.1) is 21.5 Å². The van der Waals surface area contributed by atoms with Crippen molar-refractivity contribution < 1.29 is 4.79 Å². The maximum Gasteiger partial charge on any atom is 0.234 e. The lowest BCUT2D eigenvalue weighted by Crippen LogP contribution is -2.16. The first-order valence-corrected chi connectivity index (χ1v) is 11.2. The molecule has 0 atom stereocenters. The zero-order valence-electron chi connectivity index (χ0n) is 15.9. The van der Waals surface area contributed by atoms with E-state index < -0.39 is 0 Å². The van der Waals surface area contributed by atoms with Gasteiger partial charge in [-0.15, -0.1) is 16.8 Å². The number of carbonyl (C=O) groups is 1. The Kier molecular flexibility index (Phi) is 7.43. The molecular formula is C20H24Cl2N4OS. The molecule has 1 saturated carbocycles. The third kappa shape index (κ3) is 4.91. The van der Waals surface area contributed by atoms with Gasteiger partial charge in [-0.1, -0.05) is 66.4 Å². The summed E-state index contributed by atoms with van der Waals surface area (Å²) in [4.78, 5) is 12.5. The van der Waals surface area contributed by atoms with Crippen molar-refractivity contribution in [2.45, 2.75) is 56.6 Å². The molecule has 0 saturated heterocycles. The molecule has 28 heavy (non-hydrogen) atoms. The largest absolute Gasteiger partial charge is 0.323 e. The Bertz CT molecular complexity index is 862. The topological polar surface area (TPSA) is 59.8 Å². The summed E-state index contributed by atoms with van der Waals surface area (Å²) in [6.45, 7) is 6.35. The zero-order chi connectivity index (χ0) is 20.1. The minimum atomic E-state index is -0.188. The van der Waals surface area contributed by atoms with Crippen molar-refractivity contribution >= 4 is 46.6 Å². The average molecular weight is 439 g/mol. The predicted octanol–water partition coefficient (Wildman–Crippen LogP) is 5.86. The number of aromatic nitrogens is 3. The first-order valence-electron chi connectivity index (χ1n) is 9.42. The molecule has 1 heterocycles. The zero-order valence-corrected chi connectivity index (χ0v) is 18.2. The summed E-state index contributed by atoms with van der Waals surface area (Å²) in [6.07, 6.45) is 7.88. The molecule has 150 valence electrons. The number of halogens is 2. The van der Waals surface area contributed by atoms with Crippen LogP contribution < -0.4 is 5.32 Å². The number of amides is 1. The lowest BCUT2D eigenvalue weighted by molar-refractivity contribution is -0.113. The summed E-state index contributed by atoms with van der Waals surface area (Å²) < 4.78 is 2.08. The van der Waals surface area contributed by atoms with Crippen molar-refractivity contribution in [3.05, 3.63) is 46.2 Å². The molecule has 0 aliphatic heterocycles. The number of benzene rings is 1. The van der Waals surface area contributed by atoms with Crippen LogP contribution >= 0.6 is 35.0 Å². The minimum absolute atomic E-state index is 0.188. The number of rotatable bonds is 7. The van der Waals surface area contributed by atoms with Crippen molar-refractivity contribution in [1.29, 1.82) is 0 Å². The van der Waals surface area contributed by atoms with Gasteiger partial charge in [0.2, 0.25) is 5.91 Å². The second-order valence-electron chi connectivity index (χ2n) is 6.97. The third-order valence-electron chi connectivity index (χ3n) is 4.91. The van der Waals surface area contributed by atoms with Gasteiger partial charge in [-0.3, -0.25) is 4.79 Å². The maximum absolute atomic E-state index is 12.5. The third-order valence-corrected chi connectivity index (χ3v) is 6.68. The number of allylic oxidation sites excluding steroid dienone is 1. The van der Waals surface area contributed by atoms with Crippen LogP contribution in [0, 0.1) is 6.92 Å². The molecule has 0 bridgehead atoms. The van der Waals surface area contributed by atoms with E-state index in [0.717, 1.165) is 29.4 Å². The number of nitrogens with zero attached hydrogens (tertiary/aromatic N) is 3. The molecule has 1 aliphatic carbocycles. The van der Waals surface area contributed by atoms with Crippen molar-refractivity contribution in [2.75, 3.05) is 11.1 Å². The molecule has 1 aromatic heterocycles. The molecule has 3 rings (SSSR count). The van der Waals surface area contributed by atoms with Gasteiger partial charge in [-0.05, 0) is 31.4 Å². The van der Waals surface area contributed by atoms with Gasteiger partial charge in [0.1, 0.15) is 5.82 Å². The van der Waals surface area contributed by atoms with E-state index in [2.05, 4.69) is 26.7 Å². The first-order chi connectivity index (χ1) is 13.5. The van der Waals surface area contributed by atoms with Gasteiger partial charge >= 0.3 is 0 Å². The van der Waals surface area contributed by atoms with Crippen LogP contribution in [0.25, 0.3) is 0 Å². The van der Waals surface area contributed by atoms with Crippen LogP contribution in [0.4, 0.5) is 5.69 Å². The van der Waals surface area contributed by atoms with Crippen LogP contribution in [0.5, 0.6) is 0 Å². The molecule has 1 amide bonds. The fourth-order valence-corrected chi connectivity index (χ4v) is 4.67. The number of aryl methyl sites for hydroxylation is 1. The number of carbonyl (C=O) groups excluding carboxylic acids is 1. The highest BCUT2D eigenvalue weighted by Gasteiger charge is 2.23. The lowest BCUT2D eigenvalue weighted by Gasteiger charge is -2.21. The SMILES string of the molecule is C=CCn1c(SCC(=O)Nc2c(Cl)ccc(C)c2Cl)nnc1C1CCCCC1. The highest BCUT2D eigenvalue weighted by atomic mass is 35.5. The highest BCUT2D eigenvalue weighted by Crippen LogP contribution is 2.34. The van der Waals surface area contributed by atoms with Crippen molar-refractivity contribution in [2.24, 2.45) is 0 Å². The monoisotopic (exact) mass is 438 g/mol. The van der Waals surface area contributed by atoms with E-state index in [9.17, 15) is 4.79 Å². The van der Waals surface area contributed by atoms with Gasteiger partial charge in [0.15, 0.2) is 5.16 Å². The Morgan fingerprint density at radius 2 is 2.07 bits per heavy atom. The molecule has 0 spiro atoms. The van der Waals surface area contributed by atoms with Crippen LogP contribution in [0.2, 0.25) is 10.0 Å². The Morgan fingerprint density at radius 3 is 2.79 bits per heavy atom. The van der Waals surface area contributed by atoms with E-state index in [-0.39, 0.29) is 11.7 Å². The standard InChI is InChI=1S/C20H24Cl2N4OS/c1-3-11-26-19(14-7-5-4-6-8-14)24-25-20(26)28-12-16(27)23-18-15(21)10-9-13(2)17(18)22/h3,9-10,14H,1,4-8,11-12H2,2H3,(H,23,27). The second-order valence-corrected chi connectivity index (χ2v) is 8.69. The fraction of sp³-hybridized carbons (Fsp3) is 0.450. The van der Waals surface area contributed by atoms with E-state index in [4.69, 9.17) is 23.2 Å². The molecule has 1 aromatic carbocycles. The Balaban J connectivity index is 1.68. The van der Waals surface area contributed by atoms with Crippen LogP contribution in [0.15, 0.2) is 29.9 Å². The maximum atomic E-state index is 12.5. The molecule has 1 fully saturated rings. The Labute approximate surface area is 179 Å². The number of anilines is 1. The number of thioether (sulfide) groups is 1. The minimum Gasteiger partial charge on any atom is -0.323 e. The summed E-state index contributed by atoms with van der Waals surface area (Å²) in [5.74, 6) is 1.45. The normalized spacial score (nSPS) is 14.8. The van der Waals surface area contributed by atoms with Gasteiger partial charge in [-0.2, -0.15) is 0 Å². The molecule has 2 aromatic rings. The Morgan fingerprint density at radius 1 is 1.32 bits per heavy atom. The van der Waals surface area contributed by atoms with Gasteiger partial charge in [-0.25, -0.2) is 0 Å². The van der Waals surface area contributed by atoms with Crippen molar-refractivity contribution in [3.8, 4) is 0 Å². The van der Waals surface area contributed by atoms with E-state index in [1.165, 1.54) is 31.0 Å². The highest BCUT2D eigenvalue weighted by molar-refractivity contribution is 7.99. The molecule has 1 aliphatic rings.